The first-order valence-corrected chi connectivity index (χ1v) is 6.81. The molecule has 3 heteroatoms. The monoisotopic (exact) mass is 273 g/mol. The lowest BCUT2D eigenvalue weighted by molar-refractivity contribution is 0.471. The van der Waals surface area contributed by atoms with Crippen LogP contribution in [0.3, 0.4) is 0 Å². The van der Waals surface area contributed by atoms with Gasteiger partial charge in [0, 0.05) is 18.7 Å². The zero-order valence-corrected chi connectivity index (χ0v) is 12.1. The van der Waals surface area contributed by atoms with Crippen LogP contribution in [-0.4, -0.2) is 6.04 Å². The molecule has 1 N–H and O–H groups in total. The largest absolute Gasteiger partial charge is 0.457 e. The normalized spacial score (nSPS) is 10.8. The number of hydrogen-bond donors (Lipinski definition) is 1. The lowest BCUT2D eigenvalue weighted by Crippen LogP contribution is -2.21. The molecule has 0 heterocycles. The van der Waals surface area contributed by atoms with Crippen molar-refractivity contribution in [1.29, 1.82) is 0 Å². The summed E-state index contributed by atoms with van der Waals surface area (Å²) in [6.07, 6.45) is 0. The van der Waals surface area contributed by atoms with Crippen LogP contribution in [0, 0.1) is 12.7 Å². The molecule has 0 aliphatic rings. The van der Waals surface area contributed by atoms with Gasteiger partial charge in [-0.15, -0.1) is 0 Å². The Morgan fingerprint density at radius 2 is 1.95 bits per heavy atom. The van der Waals surface area contributed by atoms with E-state index in [9.17, 15) is 4.39 Å². The topological polar surface area (TPSA) is 21.3 Å². The van der Waals surface area contributed by atoms with Gasteiger partial charge in [0.25, 0.3) is 0 Å². The van der Waals surface area contributed by atoms with Gasteiger partial charge in [0.2, 0.25) is 0 Å². The van der Waals surface area contributed by atoms with Crippen LogP contribution in [-0.2, 0) is 6.54 Å². The number of halogens is 1. The zero-order valence-electron chi connectivity index (χ0n) is 12.1. The van der Waals surface area contributed by atoms with E-state index >= 15 is 0 Å². The van der Waals surface area contributed by atoms with E-state index < -0.39 is 0 Å². The number of aryl methyl sites for hydroxylation is 1. The fourth-order valence-electron chi connectivity index (χ4n) is 1.85. The van der Waals surface area contributed by atoms with Crippen molar-refractivity contribution in [2.75, 3.05) is 0 Å². The van der Waals surface area contributed by atoms with Crippen LogP contribution < -0.4 is 10.1 Å². The molecule has 0 spiro atoms. The highest BCUT2D eigenvalue weighted by Gasteiger charge is 2.04. The Labute approximate surface area is 119 Å². The second-order valence-corrected chi connectivity index (χ2v) is 5.19. The molecular formula is C17H20FNO. The van der Waals surface area contributed by atoms with Crippen molar-refractivity contribution in [2.45, 2.75) is 33.4 Å². The van der Waals surface area contributed by atoms with Gasteiger partial charge in [-0.25, -0.2) is 4.39 Å². The molecule has 0 radical (unpaired) electrons. The minimum atomic E-state index is -0.289. The summed E-state index contributed by atoms with van der Waals surface area (Å²) in [4.78, 5) is 0. The molecule has 0 bridgehead atoms. The minimum absolute atomic E-state index is 0.289. The molecule has 2 rings (SSSR count). The Balaban J connectivity index is 2.13. The number of rotatable bonds is 5. The summed E-state index contributed by atoms with van der Waals surface area (Å²) in [5, 5.41) is 3.36. The standard InChI is InChI=1S/C17H20FNO/c1-12(2)19-11-14-5-4-6-16(9-14)20-17-10-15(18)8-7-13(17)3/h4-10,12,19H,11H2,1-3H3. The molecule has 0 atom stereocenters. The molecule has 2 aromatic rings. The maximum Gasteiger partial charge on any atom is 0.133 e. The van der Waals surface area contributed by atoms with Crippen molar-refractivity contribution in [1.82, 2.24) is 5.32 Å². The maximum absolute atomic E-state index is 13.2. The van der Waals surface area contributed by atoms with Gasteiger partial charge in [-0.05, 0) is 36.2 Å². The summed E-state index contributed by atoms with van der Waals surface area (Å²) in [6, 6.07) is 12.8. The van der Waals surface area contributed by atoms with Crippen molar-refractivity contribution < 1.29 is 9.13 Å². The molecule has 2 aromatic carbocycles. The first-order valence-electron chi connectivity index (χ1n) is 6.81. The molecule has 2 nitrogen and oxygen atoms in total. The van der Waals surface area contributed by atoms with Crippen LogP contribution >= 0.6 is 0 Å². The van der Waals surface area contributed by atoms with E-state index in [1.165, 1.54) is 12.1 Å². The van der Waals surface area contributed by atoms with Gasteiger partial charge in [0.05, 0.1) is 0 Å². The molecule has 0 saturated carbocycles. The van der Waals surface area contributed by atoms with E-state index in [0.717, 1.165) is 23.4 Å². The van der Waals surface area contributed by atoms with Gasteiger partial charge in [-0.3, -0.25) is 0 Å². The van der Waals surface area contributed by atoms with Crippen LogP contribution in [0.4, 0.5) is 4.39 Å². The Hall–Kier alpha value is -1.87. The zero-order chi connectivity index (χ0) is 14.5. The smallest absolute Gasteiger partial charge is 0.133 e. The lowest BCUT2D eigenvalue weighted by Gasteiger charge is -2.11. The first-order chi connectivity index (χ1) is 9.54. The molecule has 106 valence electrons. The van der Waals surface area contributed by atoms with Crippen molar-refractivity contribution in [2.24, 2.45) is 0 Å². The second-order valence-electron chi connectivity index (χ2n) is 5.19. The molecule has 0 unspecified atom stereocenters. The van der Waals surface area contributed by atoms with Gasteiger partial charge < -0.3 is 10.1 Å². The predicted octanol–water partition coefficient (Wildman–Crippen LogP) is 4.42. The maximum atomic E-state index is 13.2. The Morgan fingerprint density at radius 3 is 2.70 bits per heavy atom. The SMILES string of the molecule is Cc1ccc(F)cc1Oc1cccc(CNC(C)C)c1. The summed E-state index contributed by atoms with van der Waals surface area (Å²) < 4.78 is 19.0. The highest BCUT2D eigenvalue weighted by atomic mass is 19.1. The van der Waals surface area contributed by atoms with Gasteiger partial charge in [-0.2, -0.15) is 0 Å². The highest BCUT2D eigenvalue weighted by molar-refractivity contribution is 5.38. The van der Waals surface area contributed by atoms with E-state index in [1.807, 2.05) is 31.2 Å². The van der Waals surface area contributed by atoms with Gasteiger partial charge in [-0.1, -0.05) is 32.0 Å². The van der Waals surface area contributed by atoms with Crippen LogP contribution in [0.1, 0.15) is 25.0 Å². The molecule has 0 saturated heterocycles. The second kappa shape index (κ2) is 6.53. The Bertz CT molecular complexity index is 581. The summed E-state index contributed by atoms with van der Waals surface area (Å²) in [6.45, 7) is 6.91. The lowest BCUT2D eigenvalue weighted by atomic mass is 10.2. The third-order valence-corrected chi connectivity index (χ3v) is 2.99. The number of ether oxygens (including phenoxy) is 1. The number of hydrogen-bond acceptors (Lipinski definition) is 2. The van der Waals surface area contributed by atoms with E-state index in [0.29, 0.717) is 11.8 Å². The van der Waals surface area contributed by atoms with E-state index in [1.54, 1.807) is 6.07 Å². The predicted molar refractivity (Wildman–Crippen MR) is 79.6 cm³/mol. The van der Waals surface area contributed by atoms with E-state index in [-0.39, 0.29) is 5.82 Å². The third kappa shape index (κ3) is 4.07. The van der Waals surface area contributed by atoms with Crippen LogP contribution in [0.2, 0.25) is 0 Å². The number of nitrogens with one attached hydrogen (secondary N) is 1. The van der Waals surface area contributed by atoms with Gasteiger partial charge >= 0.3 is 0 Å². The van der Waals surface area contributed by atoms with Gasteiger partial charge in [0.1, 0.15) is 17.3 Å². The van der Waals surface area contributed by atoms with Crippen molar-refractivity contribution >= 4 is 0 Å². The molecular weight excluding hydrogens is 253 g/mol. The van der Waals surface area contributed by atoms with Crippen molar-refractivity contribution in [3.63, 3.8) is 0 Å². The number of benzene rings is 2. The minimum Gasteiger partial charge on any atom is -0.457 e. The van der Waals surface area contributed by atoms with Crippen LogP contribution in [0.5, 0.6) is 11.5 Å². The van der Waals surface area contributed by atoms with E-state index in [4.69, 9.17) is 4.74 Å². The molecule has 0 fully saturated rings. The Morgan fingerprint density at radius 1 is 1.15 bits per heavy atom. The van der Waals surface area contributed by atoms with Crippen molar-refractivity contribution in [3.8, 4) is 11.5 Å². The van der Waals surface area contributed by atoms with Crippen LogP contribution in [0.15, 0.2) is 42.5 Å². The average Bonchev–Trinajstić information content (AvgIpc) is 2.41. The summed E-state index contributed by atoms with van der Waals surface area (Å²) in [5.74, 6) is 0.990. The van der Waals surface area contributed by atoms with Gasteiger partial charge in [0.15, 0.2) is 0 Å². The highest BCUT2D eigenvalue weighted by Crippen LogP contribution is 2.26. The summed E-state index contributed by atoms with van der Waals surface area (Å²) >= 11 is 0. The molecule has 0 aliphatic carbocycles. The Kier molecular flexibility index (Phi) is 4.74. The van der Waals surface area contributed by atoms with Crippen molar-refractivity contribution in [3.05, 3.63) is 59.4 Å². The molecule has 0 amide bonds. The molecule has 0 aromatic heterocycles. The van der Waals surface area contributed by atoms with Crippen LogP contribution in [0.25, 0.3) is 0 Å². The summed E-state index contributed by atoms with van der Waals surface area (Å²) in [5.41, 5.74) is 2.06. The molecule has 0 aliphatic heterocycles. The fraction of sp³-hybridized carbons (Fsp3) is 0.294. The quantitative estimate of drug-likeness (QED) is 0.870. The van der Waals surface area contributed by atoms with E-state index in [2.05, 4.69) is 19.2 Å². The molecule has 20 heavy (non-hydrogen) atoms. The fourth-order valence-corrected chi connectivity index (χ4v) is 1.85. The summed E-state index contributed by atoms with van der Waals surface area (Å²) in [7, 11) is 0. The average molecular weight is 273 g/mol. The first kappa shape index (κ1) is 14.5. The third-order valence-electron chi connectivity index (χ3n) is 2.99.